The lowest BCUT2D eigenvalue weighted by Crippen LogP contribution is -2.58. The molecule has 4 fully saturated rings. The molecule has 0 aliphatic heterocycles. The third-order valence-corrected chi connectivity index (χ3v) is 7.81. The highest BCUT2D eigenvalue weighted by molar-refractivity contribution is 7.15. The Morgan fingerprint density at radius 2 is 1.54 bits per heavy atom. The van der Waals surface area contributed by atoms with Gasteiger partial charge in [0.1, 0.15) is 0 Å². The Morgan fingerprint density at radius 3 is 2.17 bits per heavy atom. The summed E-state index contributed by atoms with van der Waals surface area (Å²) in [5, 5.41) is 4.03. The summed E-state index contributed by atoms with van der Waals surface area (Å²) in [4.78, 5) is 2.89. The summed E-state index contributed by atoms with van der Waals surface area (Å²) < 4.78 is 0. The Kier molecular flexibility index (Phi) is 3.61. The number of benzene rings is 1. The molecule has 4 saturated carbocycles. The smallest absolute Gasteiger partial charge is 0.0346 e. The fourth-order valence-corrected chi connectivity index (χ4v) is 6.90. The number of hydrogen-bond acceptors (Lipinski definition) is 2. The zero-order valence-corrected chi connectivity index (χ0v) is 15.4. The standard InChI is InChI=1S/C22H27NS/c1-15-2-4-19(5-3-15)21-7-6-20(24-21)14-23-22-11-16-8-17(12-22)10-18(9-16)13-22/h2-7,16-18,23H,8-14H2,1H3. The molecule has 0 amide bonds. The summed E-state index contributed by atoms with van der Waals surface area (Å²) in [6.45, 7) is 3.21. The van der Waals surface area contributed by atoms with Gasteiger partial charge in [-0.05, 0) is 80.9 Å². The first-order chi connectivity index (χ1) is 11.7. The van der Waals surface area contributed by atoms with Crippen LogP contribution in [0, 0.1) is 24.7 Å². The molecule has 0 radical (unpaired) electrons. The van der Waals surface area contributed by atoms with Crippen molar-refractivity contribution < 1.29 is 0 Å². The SMILES string of the molecule is Cc1ccc(-c2ccc(CNC34CC5CC(CC(C5)C3)C4)s2)cc1. The third kappa shape index (κ3) is 2.74. The van der Waals surface area contributed by atoms with Crippen LogP contribution in [0.1, 0.15) is 49.0 Å². The zero-order valence-electron chi connectivity index (χ0n) is 14.6. The predicted molar refractivity (Wildman–Crippen MR) is 102 cm³/mol. The molecule has 4 bridgehead atoms. The van der Waals surface area contributed by atoms with E-state index in [9.17, 15) is 0 Å². The average Bonchev–Trinajstić information content (AvgIpc) is 3.01. The summed E-state index contributed by atoms with van der Waals surface area (Å²) in [7, 11) is 0. The van der Waals surface area contributed by atoms with Gasteiger partial charge in [-0.25, -0.2) is 0 Å². The molecular weight excluding hydrogens is 310 g/mol. The van der Waals surface area contributed by atoms with E-state index in [1.165, 1.54) is 59.4 Å². The highest BCUT2D eigenvalue weighted by Crippen LogP contribution is 2.55. The van der Waals surface area contributed by atoms with Gasteiger partial charge < -0.3 is 5.32 Å². The third-order valence-electron chi connectivity index (χ3n) is 6.67. The minimum atomic E-state index is 0.475. The molecule has 2 aromatic rings. The van der Waals surface area contributed by atoms with Crippen LogP contribution in [0.3, 0.4) is 0 Å². The summed E-state index contributed by atoms with van der Waals surface area (Å²) in [5.41, 5.74) is 3.16. The molecular formula is C22H27NS. The molecule has 126 valence electrons. The normalized spacial score (nSPS) is 34.0. The van der Waals surface area contributed by atoms with E-state index in [-0.39, 0.29) is 0 Å². The number of nitrogens with one attached hydrogen (secondary N) is 1. The fourth-order valence-electron chi connectivity index (χ4n) is 5.95. The summed E-state index contributed by atoms with van der Waals surface area (Å²) in [6.07, 6.45) is 8.89. The summed E-state index contributed by atoms with van der Waals surface area (Å²) in [6, 6.07) is 13.5. The monoisotopic (exact) mass is 337 g/mol. The minimum Gasteiger partial charge on any atom is -0.306 e. The van der Waals surface area contributed by atoms with Crippen LogP contribution < -0.4 is 5.32 Å². The molecule has 24 heavy (non-hydrogen) atoms. The first-order valence-electron chi connectivity index (χ1n) is 9.58. The van der Waals surface area contributed by atoms with E-state index in [1.807, 2.05) is 11.3 Å². The average molecular weight is 338 g/mol. The van der Waals surface area contributed by atoms with Crippen molar-refractivity contribution >= 4 is 11.3 Å². The van der Waals surface area contributed by atoms with Crippen LogP contribution in [-0.4, -0.2) is 5.54 Å². The summed E-state index contributed by atoms with van der Waals surface area (Å²) >= 11 is 1.96. The van der Waals surface area contributed by atoms with Crippen LogP contribution in [0.4, 0.5) is 0 Å². The van der Waals surface area contributed by atoms with Gasteiger partial charge in [0, 0.05) is 21.8 Å². The second-order valence-corrected chi connectivity index (χ2v) is 9.85. The van der Waals surface area contributed by atoms with Gasteiger partial charge in [0.05, 0.1) is 0 Å². The lowest BCUT2D eigenvalue weighted by molar-refractivity contribution is -0.0204. The Morgan fingerprint density at radius 1 is 0.917 bits per heavy atom. The van der Waals surface area contributed by atoms with Gasteiger partial charge in [-0.15, -0.1) is 11.3 Å². The van der Waals surface area contributed by atoms with Crippen LogP contribution in [0.15, 0.2) is 36.4 Å². The van der Waals surface area contributed by atoms with E-state index in [0.29, 0.717) is 5.54 Å². The molecule has 2 heteroatoms. The highest BCUT2D eigenvalue weighted by Gasteiger charge is 2.50. The van der Waals surface area contributed by atoms with Crippen molar-refractivity contribution in [2.45, 2.75) is 57.5 Å². The van der Waals surface area contributed by atoms with E-state index in [0.717, 1.165) is 24.3 Å². The second-order valence-electron chi connectivity index (χ2n) is 8.68. The second kappa shape index (κ2) is 5.71. The molecule has 1 heterocycles. The molecule has 0 saturated heterocycles. The fraction of sp³-hybridized carbons (Fsp3) is 0.545. The Hall–Kier alpha value is -1.12. The molecule has 1 aromatic heterocycles. The molecule has 4 aliphatic carbocycles. The maximum absolute atomic E-state index is 4.03. The molecule has 4 aliphatic rings. The molecule has 1 nitrogen and oxygen atoms in total. The van der Waals surface area contributed by atoms with Crippen molar-refractivity contribution in [3.63, 3.8) is 0 Å². The minimum absolute atomic E-state index is 0.475. The van der Waals surface area contributed by atoms with Gasteiger partial charge in [0.25, 0.3) is 0 Å². The van der Waals surface area contributed by atoms with E-state index in [2.05, 4.69) is 48.6 Å². The highest BCUT2D eigenvalue weighted by atomic mass is 32.1. The number of thiophene rings is 1. The molecule has 6 rings (SSSR count). The quantitative estimate of drug-likeness (QED) is 0.745. The zero-order chi connectivity index (χ0) is 16.1. The van der Waals surface area contributed by atoms with Gasteiger partial charge in [-0.1, -0.05) is 29.8 Å². The van der Waals surface area contributed by atoms with Crippen molar-refractivity contribution in [3.05, 3.63) is 46.8 Å². The topological polar surface area (TPSA) is 12.0 Å². The van der Waals surface area contributed by atoms with Gasteiger partial charge in [-0.3, -0.25) is 0 Å². The Bertz CT molecular complexity index is 691. The van der Waals surface area contributed by atoms with Crippen LogP contribution in [0.5, 0.6) is 0 Å². The maximum atomic E-state index is 4.03. The molecule has 1 N–H and O–H groups in total. The van der Waals surface area contributed by atoms with E-state index in [4.69, 9.17) is 0 Å². The van der Waals surface area contributed by atoms with Crippen LogP contribution in [0.2, 0.25) is 0 Å². The largest absolute Gasteiger partial charge is 0.306 e. The van der Waals surface area contributed by atoms with E-state index in [1.54, 1.807) is 0 Å². The van der Waals surface area contributed by atoms with Gasteiger partial charge >= 0.3 is 0 Å². The van der Waals surface area contributed by atoms with Crippen LogP contribution >= 0.6 is 11.3 Å². The lowest BCUT2D eigenvalue weighted by Gasteiger charge is -2.57. The molecule has 0 unspecified atom stereocenters. The van der Waals surface area contributed by atoms with E-state index < -0.39 is 0 Å². The first kappa shape index (κ1) is 15.2. The predicted octanol–water partition coefficient (Wildman–Crippen LogP) is 5.78. The Labute approximate surface area is 149 Å². The van der Waals surface area contributed by atoms with Crippen LogP contribution in [0.25, 0.3) is 10.4 Å². The Balaban J connectivity index is 1.28. The van der Waals surface area contributed by atoms with Crippen molar-refractivity contribution in [2.24, 2.45) is 17.8 Å². The summed E-state index contributed by atoms with van der Waals surface area (Å²) in [5.74, 6) is 3.07. The molecule has 1 aromatic carbocycles. The van der Waals surface area contributed by atoms with Gasteiger partial charge in [0.2, 0.25) is 0 Å². The molecule has 0 atom stereocenters. The number of hydrogen-bond donors (Lipinski definition) is 1. The van der Waals surface area contributed by atoms with E-state index >= 15 is 0 Å². The lowest BCUT2D eigenvalue weighted by atomic mass is 9.53. The number of rotatable bonds is 4. The first-order valence-corrected chi connectivity index (χ1v) is 10.4. The van der Waals surface area contributed by atoms with Crippen molar-refractivity contribution in [2.75, 3.05) is 0 Å². The van der Waals surface area contributed by atoms with Crippen LogP contribution in [-0.2, 0) is 6.54 Å². The maximum Gasteiger partial charge on any atom is 0.0346 e. The van der Waals surface area contributed by atoms with Crippen molar-refractivity contribution in [3.8, 4) is 10.4 Å². The molecule has 0 spiro atoms. The van der Waals surface area contributed by atoms with Gasteiger partial charge in [0.15, 0.2) is 0 Å². The van der Waals surface area contributed by atoms with Gasteiger partial charge in [-0.2, -0.15) is 0 Å². The van der Waals surface area contributed by atoms with Crippen molar-refractivity contribution in [1.29, 1.82) is 0 Å². The number of aryl methyl sites for hydroxylation is 1. The van der Waals surface area contributed by atoms with Crippen molar-refractivity contribution in [1.82, 2.24) is 5.32 Å².